The van der Waals surface area contributed by atoms with Gasteiger partial charge in [-0.3, -0.25) is 24.1 Å². The zero-order valence-electron chi connectivity index (χ0n) is 37.5. The van der Waals surface area contributed by atoms with Crippen LogP contribution in [0.1, 0.15) is 60.8 Å². The number of piperazine rings is 1. The van der Waals surface area contributed by atoms with Gasteiger partial charge in [0.25, 0.3) is 0 Å². The second kappa shape index (κ2) is 19.4. The Morgan fingerprint density at radius 2 is 1.66 bits per heavy atom. The van der Waals surface area contributed by atoms with Gasteiger partial charge in [-0.05, 0) is 95.9 Å². The molecule has 3 N–H and O–H groups in total. The van der Waals surface area contributed by atoms with Gasteiger partial charge in [-0.2, -0.15) is 4.98 Å². The minimum absolute atomic E-state index is 0.0607. The summed E-state index contributed by atoms with van der Waals surface area (Å²) < 4.78 is 63.9. The minimum atomic E-state index is -3.52. The van der Waals surface area contributed by atoms with Gasteiger partial charge in [0.1, 0.15) is 23.2 Å². The fourth-order valence-electron chi connectivity index (χ4n) is 9.75. The number of nitrogens with zero attached hydrogens (tertiary/aromatic N) is 7. The lowest BCUT2D eigenvalue weighted by Crippen LogP contribution is -2.53. The summed E-state index contributed by atoms with van der Waals surface area (Å²) in [5, 5.41) is 8.95. The van der Waals surface area contributed by atoms with Crippen LogP contribution >= 0.6 is 15.9 Å². The molecule has 2 amide bonds. The number of nitrogens with one attached hydrogen (secondary N) is 3. The Kier molecular flexibility index (Phi) is 13.8. The number of aromatic nitrogens is 2. The van der Waals surface area contributed by atoms with Crippen molar-refractivity contribution in [3.63, 3.8) is 0 Å². The minimum Gasteiger partial charge on any atom is -0.494 e. The van der Waals surface area contributed by atoms with Crippen LogP contribution in [0.4, 0.5) is 49.0 Å². The van der Waals surface area contributed by atoms with Crippen molar-refractivity contribution in [3.05, 3.63) is 81.0 Å². The van der Waals surface area contributed by atoms with Gasteiger partial charge < -0.3 is 30.1 Å². The molecule has 0 bridgehead atoms. The quantitative estimate of drug-likeness (QED) is 0.121. The molecule has 3 aromatic carbocycles. The van der Waals surface area contributed by atoms with E-state index >= 15 is 8.78 Å². The van der Waals surface area contributed by atoms with Gasteiger partial charge in [0, 0.05) is 114 Å². The molecule has 3 saturated heterocycles. The molecule has 0 radical (unpaired) electrons. The van der Waals surface area contributed by atoms with Crippen molar-refractivity contribution < 1.29 is 31.5 Å². The van der Waals surface area contributed by atoms with E-state index in [-0.39, 0.29) is 18.4 Å². The Labute approximate surface area is 388 Å². The van der Waals surface area contributed by atoms with Crippen molar-refractivity contribution in [2.24, 2.45) is 0 Å². The highest BCUT2D eigenvalue weighted by Crippen LogP contribution is 2.44. The van der Waals surface area contributed by atoms with Gasteiger partial charge in [-0.1, -0.05) is 6.92 Å². The molecule has 8 rings (SSSR count). The van der Waals surface area contributed by atoms with E-state index in [0.29, 0.717) is 70.9 Å². The van der Waals surface area contributed by atoms with Gasteiger partial charge in [0.15, 0.2) is 0 Å². The Morgan fingerprint density at radius 3 is 2.31 bits per heavy atom. The maximum absolute atomic E-state index is 15.1. The molecule has 1 aromatic heterocycles. The van der Waals surface area contributed by atoms with Crippen LogP contribution in [0.25, 0.3) is 0 Å². The van der Waals surface area contributed by atoms with E-state index in [1.54, 1.807) is 13.3 Å². The molecule has 0 spiro atoms. The Hall–Kier alpha value is -5.11. The highest BCUT2D eigenvalue weighted by atomic mass is 79.9. The van der Waals surface area contributed by atoms with Gasteiger partial charge in [0.2, 0.25) is 27.8 Å². The normalized spacial score (nSPS) is 18.7. The number of aryl methyl sites for hydroxylation is 1. The maximum atomic E-state index is 15.1. The Morgan fingerprint density at radius 1 is 0.938 bits per heavy atom. The third-order valence-electron chi connectivity index (χ3n) is 13.2. The van der Waals surface area contributed by atoms with E-state index < -0.39 is 39.4 Å². The monoisotopic (exact) mass is 978 g/mol. The van der Waals surface area contributed by atoms with Crippen LogP contribution < -0.4 is 34.8 Å². The highest BCUT2D eigenvalue weighted by molar-refractivity contribution is 9.10. The van der Waals surface area contributed by atoms with Crippen LogP contribution in [0, 0.1) is 11.6 Å². The number of carbonyl (C=O) groups is 2. The summed E-state index contributed by atoms with van der Waals surface area (Å²) in [4.78, 5) is 42.5. The molecule has 3 fully saturated rings. The van der Waals surface area contributed by atoms with Crippen molar-refractivity contribution in [1.29, 1.82) is 0 Å². The Balaban J connectivity index is 0.872. The molecular weight excluding hydrogens is 923 g/mol. The van der Waals surface area contributed by atoms with Crippen LogP contribution in [0.5, 0.6) is 5.75 Å². The standard InChI is InChI=1S/C46H57BrF2N10O5S/c1-6-29-25-37(52-46-50-27-33(47)44(54-46)51-36-8-9-38(55(2)3)31-14-18-59(43(31)36)65(5,62)63)40(64-4)26-39(29)58-16-12-30(13-17-58)57-21-19-56(20-22-57)15-11-28-23-34(48)42(35(49)24-28)32-7-10-41(60)53-45(32)61/h8-9,23-27,30,32H,6-7,10-22H2,1-5H3,(H,53,60,61)(H2,50,51,52,54)/t32-/m1/s1. The number of hydrogen-bond donors (Lipinski definition) is 3. The molecular formula is C46H57BrF2N10O5S. The number of hydrogen-bond acceptors (Lipinski definition) is 13. The molecule has 0 saturated carbocycles. The summed E-state index contributed by atoms with van der Waals surface area (Å²) in [6.07, 6.45) is 6.99. The van der Waals surface area contributed by atoms with Crippen LogP contribution in [0.3, 0.4) is 0 Å². The van der Waals surface area contributed by atoms with E-state index in [4.69, 9.17) is 9.72 Å². The second-order valence-corrected chi connectivity index (χ2v) is 20.2. The number of imide groups is 1. The molecule has 0 unspecified atom stereocenters. The maximum Gasteiger partial charge on any atom is 0.234 e. The first-order chi connectivity index (χ1) is 31.1. The van der Waals surface area contributed by atoms with Crippen molar-refractivity contribution in [1.82, 2.24) is 25.1 Å². The number of fused-ring (bicyclic) bond motifs is 1. The predicted octanol–water partition coefficient (Wildman–Crippen LogP) is 6.31. The predicted molar refractivity (Wildman–Crippen MR) is 254 cm³/mol. The number of carbonyl (C=O) groups excluding carboxylic acids is 2. The molecule has 65 heavy (non-hydrogen) atoms. The van der Waals surface area contributed by atoms with E-state index in [2.05, 4.69) is 70.6 Å². The third-order valence-corrected chi connectivity index (χ3v) is 14.9. The summed E-state index contributed by atoms with van der Waals surface area (Å²) in [5.41, 5.74) is 6.50. The number of halogens is 3. The number of sulfonamides is 1. The molecule has 0 aliphatic carbocycles. The van der Waals surface area contributed by atoms with Gasteiger partial charge >= 0.3 is 0 Å². The number of ether oxygens (including phenoxy) is 1. The highest BCUT2D eigenvalue weighted by Gasteiger charge is 2.34. The zero-order chi connectivity index (χ0) is 46.2. The van der Waals surface area contributed by atoms with E-state index in [1.807, 2.05) is 31.1 Å². The summed E-state index contributed by atoms with van der Waals surface area (Å²) in [5.74, 6) is -2.07. The molecule has 1 atom stereocenters. The number of amides is 2. The molecule has 4 aromatic rings. The van der Waals surface area contributed by atoms with E-state index in [1.165, 1.54) is 28.3 Å². The molecule has 5 heterocycles. The number of rotatable bonds is 14. The van der Waals surface area contributed by atoms with Crippen molar-refractivity contribution in [2.45, 2.75) is 63.8 Å². The smallest absolute Gasteiger partial charge is 0.234 e. The Bertz CT molecular complexity index is 2550. The summed E-state index contributed by atoms with van der Waals surface area (Å²) in [7, 11) is 2.03. The molecule has 4 aliphatic rings. The molecule has 4 aliphatic heterocycles. The van der Waals surface area contributed by atoms with Crippen molar-refractivity contribution in [3.8, 4) is 5.75 Å². The van der Waals surface area contributed by atoms with Crippen LogP contribution in [-0.2, 0) is 38.9 Å². The lowest BCUT2D eigenvalue weighted by molar-refractivity contribution is -0.134. The van der Waals surface area contributed by atoms with Crippen LogP contribution in [0.2, 0.25) is 0 Å². The first-order valence-corrected chi connectivity index (χ1v) is 24.9. The fourth-order valence-corrected chi connectivity index (χ4v) is 11.0. The van der Waals surface area contributed by atoms with Gasteiger partial charge in [-0.25, -0.2) is 22.2 Å². The zero-order valence-corrected chi connectivity index (χ0v) is 39.9. The summed E-state index contributed by atoms with van der Waals surface area (Å²) in [6, 6.07) is 11.2. The topological polar surface area (TPSA) is 156 Å². The van der Waals surface area contributed by atoms with Gasteiger partial charge in [0.05, 0.1) is 40.8 Å². The van der Waals surface area contributed by atoms with Crippen LogP contribution in [-0.4, -0.2) is 126 Å². The third kappa shape index (κ3) is 10.0. The fraction of sp³-hybridized carbons (Fsp3) is 0.478. The van der Waals surface area contributed by atoms with Crippen molar-refractivity contribution >= 4 is 78.0 Å². The van der Waals surface area contributed by atoms with Crippen LogP contribution in [0.15, 0.2) is 47.1 Å². The van der Waals surface area contributed by atoms with E-state index in [9.17, 15) is 18.0 Å². The number of benzene rings is 3. The SMILES string of the molecule is CCc1cc(Nc2ncc(Br)c(Nc3ccc(N(C)C)c4c3N(S(C)(=O)=O)CC4)n2)c(OC)cc1N1CCC(N2CCN(CCc3cc(F)c([C@H]4CCC(=O)NC4=O)c(F)c3)CC2)CC1. The first-order valence-electron chi connectivity index (χ1n) is 22.2. The lowest BCUT2D eigenvalue weighted by Gasteiger charge is -2.43. The van der Waals surface area contributed by atoms with E-state index in [0.717, 1.165) is 81.2 Å². The summed E-state index contributed by atoms with van der Waals surface area (Å²) >= 11 is 3.59. The summed E-state index contributed by atoms with van der Waals surface area (Å²) in [6.45, 7) is 8.60. The molecule has 348 valence electrons. The largest absolute Gasteiger partial charge is 0.494 e. The van der Waals surface area contributed by atoms with Gasteiger partial charge in [-0.15, -0.1) is 0 Å². The number of anilines is 7. The number of piperidine rings is 2. The molecule has 19 heteroatoms. The molecule has 15 nitrogen and oxygen atoms in total. The number of methoxy groups -OCH3 is 1. The second-order valence-electron chi connectivity index (χ2n) is 17.4. The average Bonchev–Trinajstić information content (AvgIpc) is 3.74. The van der Waals surface area contributed by atoms with Crippen molar-refractivity contribution in [2.75, 3.05) is 105 Å². The lowest BCUT2D eigenvalue weighted by atomic mass is 9.89. The average molecular weight is 980 g/mol. The first kappa shape index (κ1) is 46.4.